The van der Waals surface area contributed by atoms with Crippen LogP contribution in [0.3, 0.4) is 0 Å². The number of hydrogen-bond acceptors (Lipinski definition) is 3. The highest BCUT2D eigenvalue weighted by Gasteiger charge is 2.30. The highest BCUT2D eigenvalue weighted by molar-refractivity contribution is 5.89. The third-order valence-electron chi connectivity index (χ3n) is 3.10. The highest BCUT2D eigenvalue weighted by Crippen LogP contribution is 2.28. The molecule has 1 rings (SSSR count). The van der Waals surface area contributed by atoms with E-state index in [9.17, 15) is 9.59 Å². The predicted molar refractivity (Wildman–Crippen MR) is 63.7 cm³/mol. The molecule has 0 unspecified atom stereocenters. The predicted octanol–water partition coefficient (Wildman–Crippen LogP) is 2.18. The maximum Gasteiger partial charge on any atom is 0.305 e. The molecule has 0 aromatic carbocycles. The largest absolute Gasteiger partial charge is 0.481 e. The summed E-state index contributed by atoms with van der Waals surface area (Å²) in [7, 11) is 0. The van der Waals surface area contributed by atoms with Gasteiger partial charge in [-0.3, -0.25) is 9.59 Å². The first-order valence-electron chi connectivity index (χ1n) is 6.05. The van der Waals surface area contributed by atoms with Crippen LogP contribution in [0, 0.1) is 5.92 Å². The fourth-order valence-electron chi connectivity index (χ4n) is 2.13. The van der Waals surface area contributed by atoms with Gasteiger partial charge in [0.1, 0.15) is 0 Å². The van der Waals surface area contributed by atoms with Gasteiger partial charge in [0.2, 0.25) is 0 Å². The van der Waals surface area contributed by atoms with Crippen molar-refractivity contribution < 1.29 is 19.4 Å². The topological polar surface area (TPSA) is 63.6 Å². The molecule has 0 radical (unpaired) electrons. The van der Waals surface area contributed by atoms with Crippen LogP contribution in [0.4, 0.5) is 0 Å². The Morgan fingerprint density at radius 1 is 1.35 bits per heavy atom. The molecule has 0 aromatic heterocycles. The van der Waals surface area contributed by atoms with E-state index in [0.717, 1.165) is 12.8 Å². The Bertz CT molecular complexity index is 309. The van der Waals surface area contributed by atoms with Crippen molar-refractivity contribution in [2.75, 3.05) is 0 Å². The molecule has 1 saturated heterocycles. The minimum Gasteiger partial charge on any atom is -0.481 e. The molecule has 1 N–H and O–H groups in total. The maximum absolute atomic E-state index is 11.4. The van der Waals surface area contributed by atoms with Crippen LogP contribution in [-0.2, 0) is 14.3 Å². The Hall–Kier alpha value is -1.16. The Kier molecular flexibility index (Phi) is 5.35. The molecule has 0 amide bonds. The van der Waals surface area contributed by atoms with Gasteiger partial charge in [-0.15, -0.1) is 0 Å². The summed E-state index contributed by atoms with van der Waals surface area (Å²) < 4.78 is 5.69. The summed E-state index contributed by atoms with van der Waals surface area (Å²) in [6.45, 7) is 3.80. The molecule has 3 atom stereocenters. The van der Waals surface area contributed by atoms with Gasteiger partial charge in [-0.05, 0) is 31.8 Å². The molecule has 4 nitrogen and oxygen atoms in total. The van der Waals surface area contributed by atoms with Crippen molar-refractivity contribution in [2.45, 2.75) is 51.7 Å². The fraction of sp³-hybridized carbons (Fsp3) is 0.692. The number of allylic oxidation sites excluding steroid dienone is 2. The van der Waals surface area contributed by atoms with Crippen molar-refractivity contribution in [3.8, 4) is 0 Å². The summed E-state index contributed by atoms with van der Waals surface area (Å²) in [5.74, 6) is -0.553. The first-order valence-corrected chi connectivity index (χ1v) is 6.05. The molecule has 0 saturated carbocycles. The second-order valence-electron chi connectivity index (χ2n) is 4.62. The third kappa shape index (κ3) is 4.69. The van der Waals surface area contributed by atoms with E-state index in [-0.39, 0.29) is 30.3 Å². The number of aliphatic carboxylic acids is 1. The standard InChI is InChI=1S/C13H20O4/c1-3-4-10(14)7-11-6-5-9(2)12(17-11)8-13(15)16/h3-4,9,11-12H,5-8H2,1-2H3,(H,15,16)/b4-3+/t9-,11-,12-/m1/s1. The summed E-state index contributed by atoms with van der Waals surface area (Å²) in [6.07, 6.45) is 4.99. The van der Waals surface area contributed by atoms with Gasteiger partial charge in [-0.2, -0.15) is 0 Å². The summed E-state index contributed by atoms with van der Waals surface area (Å²) in [6, 6.07) is 0. The smallest absolute Gasteiger partial charge is 0.305 e. The molecule has 4 heteroatoms. The van der Waals surface area contributed by atoms with Gasteiger partial charge in [-0.1, -0.05) is 13.0 Å². The molecule has 17 heavy (non-hydrogen) atoms. The number of rotatable bonds is 5. The van der Waals surface area contributed by atoms with Crippen LogP contribution in [0.15, 0.2) is 12.2 Å². The average molecular weight is 240 g/mol. The van der Waals surface area contributed by atoms with Crippen LogP contribution in [-0.4, -0.2) is 29.1 Å². The van der Waals surface area contributed by atoms with Gasteiger partial charge in [-0.25, -0.2) is 0 Å². The monoisotopic (exact) mass is 240 g/mol. The lowest BCUT2D eigenvalue weighted by atomic mass is 9.90. The molecular formula is C13H20O4. The van der Waals surface area contributed by atoms with Crippen molar-refractivity contribution >= 4 is 11.8 Å². The molecule has 0 aromatic rings. The second-order valence-corrected chi connectivity index (χ2v) is 4.62. The van der Waals surface area contributed by atoms with E-state index in [2.05, 4.69) is 0 Å². The number of carbonyl (C=O) groups is 2. The summed E-state index contributed by atoms with van der Waals surface area (Å²) in [4.78, 5) is 22.1. The molecule has 1 aliphatic rings. The molecule has 1 fully saturated rings. The van der Waals surface area contributed by atoms with Gasteiger partial charge in [0.15, 0.2) is 5.78 Å². The lowest BCUT2D eigenvalue weighted by Crippen LogP contribution is -2.36. The zero-order valence-electron chi connectivity index (χ0n) is 10.4. The van der Waals surface area contributed by atoms with E-state index in [1.54, 1.807) is 13.0 Å². The summed E-state index contributed by atoms with van der Waals surface area (Å²) in [5.41, 5.74) is 0. The quantitative estimate of drug-likeness (QED) is 0.748. The number of ether oxygens (including phenoxy) is 1. The minimum absolute atomic E-state index is 0.0233. The lowest BCUT2D eigenvalue weighted by Gasteiger charge is -2.33. The van der Waals surface area contributed by atoms with Gasteiger partial charge >= 0.3 is 5.97 Å². The summed E-state index contributed by atoms with van der Waals surface area (Å²) >= 11 is 0. The Labute approximate surface area is 102 Å². The number of hydrogen-bond donors (Lipinski definition) is 1. The van der Waals surface area contributed by atoms with Gasteiger partial charge in [0.05, 0.1) is 18.6 Å². The molecule has 96 valence electrons. The van der Waals surface area contributed by atoms with Crippen LogP contribution in [0.1, 0.15) is 39.5 Å². The van der Waals surface area contributed by atoms with E-state index >= 15 is 0 Å². The van der Waals surface area contributed by atoms with Crippen LogP contribution in [0.25, 0.3) is 0 Å². The zero-order valence-corrected chi connectivity index (χ0v) is 10.4. The van der Waals surface area contributed by atoms with E-state index < -0.39 is 5.97 Å². The van der Waals surface area contributed by atoms with Gasteiger partial charge < -0.3 is 9.84 Å². The zero-order chi connectivity index (χ0) is 12.8. The minimum atomic E-state index is -0.845. The Morgan fingerprint density at radius 2 is 2.06 bits per heavy atom. The van der Waals surface area contributed by atoms with Crippen LogP contribution in [0.2, 0.25) is 0 Å². The molecule has 1 aliphatic heterocycles. The summed E-state index contributed by atoms with van der Waals surface area (Å²) in [5, 5.41) is 8.78. The highest BCUT2D eigenvalue weighted by atomic mass is 16.5. The third-order valence-corrected chi connectivity index (χ3v) is 3.10. The molecule has 1 heterocycles. The van der Waals surface area contributed by atoms with Gasteiger partial charge in [0.25, 0.3) is 0 Å². The first-order chi connectivity index (χ1) is 8.02. The molecular weight excluding hydrogens is 220 g/mol. The van der Waals surface area contributed by atoms with Crippen molar-refractivity contribution in [3.05, 3.63) is 12.2 Å². The number of ketones is 1. The molecule has 0 aliphatic carbocycles. The van der Waals surface area contributed by atoms with E-state index in [1.165, 1.54) is 6.08 Å². The van der Waals surface area contributed by atoms with Crippen molar-refractivity contribution in [1.29, 1.82) is 0 Å². The first kappa shape index (κ1) is 13.9. The molecule has 0 spiro atoms. The number of carbonyl (C=O) groups excluding carboxylic acids is 1. The van der Waals surface area contributed by atoms with E-state index in [4.69, 9.17) is 9.84 Å². The average Bonchev–Trinajstić information content (AvgIpc) is 2.22. The van der Waals surface area contributed by atoms with Crippen LogP contribution in [0.5, 0.6) is 0 Å². The van der Waals surface area contributed by atoms with E-state index in [0.29, 0.717) is 6.42 Å². The van der Waals surface area contributed by atoms with Gasteiger partial charge in [0, 0.05) is 6.42 Å². The number of carboxylic acids is 1. The maximum atomic E-state index is 11.4. The molecule has 0 bridgehead atoms. The van der Waals surface area contributed by atoms with Crippen molar-refractivity contribution in [1.82, 2.24) is 0 Å². The van der Waals surface area contributed by atoms with Crippen molar-refractivity contribution in [2.24, 2.45) is 5.92 Å². The van der Waals surface area contributed by atoms with Crippen LogP contribution >= 0.6 is 0 Å². The van der Waals surface area contributed by atoms with E-state index in [1.807, 2.05) is 6.92 Å². The Balaban J connectivity index is 2.48. The Morgan fingerprint density at radius 3 is 2.65 bits per heavy atom. The second kappa shape index (κ2) is 6.55. The lowest BCUT2D eigenvalue weighted by molar-refractivity contribution is -0.147. The normalized spacial score (nSPS) is 29.4. The fourth-order valence-corrected chi connectivity index (χ4v) is 2.13. The van der Waals surface area contributed by atoms with Crippen molar-refractivity contribution in [3.63, 3.8) is 0 Å². The number of carboxylic acid groups (broad SMARTS) is 1. The van der Waals surface area contributed by atoms with Crippen LogP contribution < -0.4 is 0 Å². The SMILES string of the molecule is C/C=C/C(=O)C[C@H]1CC[C@@H](C)[C@@H](CC(=O)O)O1.